The molecule has 2 aromatic rings. The molecule has 25 heavy (non-hydrogen) atoms. The van der Waals surface area contributed by atoms with Gasteiger partial charge in [-0.25, -0.2) is 4.98 Å². The number of hydrogen-bond acceptors (Lipinski definition) is 5. The summed E-state index contributed by atoms with van der Waals surface area (Å²) in [6.07, 6.45) is 2.02. The molecule has 0 saturated carbocycles. The van der Waals surface area contributed by atoms with Crippen molar-refractivity contribution in [3.05, 3.63) is 47.2 Å². The molecule has 0 unspecified atom stereocenters. The van der Waals surface area contributed by atoms with E-state index in [1.807, 2.05) is 12.1 Å². The third-order valence-corrected chi connectivity index (χ3v) is 3.66. The predicted octanol–water partition coefficient (Wildman–Crippen LogP) is 2.05. The maximum Gasteiger partial charge on any atom is 0.313 e. The molecule has 1 aromatic heterocycles. The van der Waals surface area contributed by atoms with Crippen LogP contribution in [0.25, 0.3) is 0 Å². The fourth-order valence-corrected chi connectivity index (χ4v) is 2.26. The molecule has 0 aliphatic heterocycles. The summed E-state index contributed by atoms with van der Waals surface area (Å²) in [5, 5.41) is 5.08. The molecule has 7 nitrogen and oxygen atoms in total. The normalized spacial score (nSPS) is 10.0. The monoisotopic (exact) mass is 363 g/mol. The molecule has 0 spiro atoms. The van der Waals surface area contributed by atoms with Crippen molar-refractivity contribution in [2.45, 2.75) is 6.42 Å². The van der Waals surface area contributed by atoms with E-state index in [1.54, 1.807) is 32.4 Å². The van der Waals surface area contributed by atoms with Gasteiger partial charge in [-0.05, 0) is 36.2 Å². The van der Waals surface area contributed by atoms with Crippen LogP contribution in [0.3, 0.4) is 0 Å². The highest BCUT2D eigenvalue weighted by atomic mass is 35.5. The van der Waals surface area contributed by atoms with Crippen LogP contribution in [-0.4, -0.2) is 37.6 Å². The first-order valence-corrected chi connectivity index (χ1v) is 7.83. The minimum atomic E-state index is -0.804. The topological polar surface area (TPSA) is 89.5 Å². The molecule has 0 radical (unpaired) electrons. The molecular weight excluding hydrogens is 346 g/mol. The van der Waals surface area contributed by atoms with Gasteiger partial charge in [0, 0.05) is 12.7 Å². The Hall–Kier alpha value is -2.80. The number of hydrogen-bond donors (Lipinski definition) is 2. The van der Waals surface area contributed by atoms with Crippen molar-refractivity contribution >= 4 is 29.1 Å². The zero-order valence-electron chi connectivity index (χ0n) is 13.8. The van der Waals surface area contributed by atoms with Gasteiger partial charge in [0.1, 0.15) is 0 Å². The van der Waals surface area contributed by atoms with Crippen LogP contribution in [0, 0.1) is 0 Å². The molecule has 1 aromatic carbocycles. The number of carbonyl (C=O) groups is 2. The molecule has 0 bridgehead atoms. The number of halogens is 1. The maximum absolute atomic E-state index is 11.8. The second-order valence-corrected chi connectivity index (χ2v) is 5.35. The predicted molar refractivity (Wildman–Crippen MR) is 94.1 cm³/mol. The number of carbonyl (C=O) groups excluding carboxylic acids is 2. The first-order valence-electron chi connectivity index (χ1n) is 7.45. The number of nitrogens with zero attached hydrogens (tertiary/aromatic N) is 1. The first-order chi connectivity index (χ1) is 12.0. The van der Waals surface area contributed by atoms with Crippen molar-refractivity contribution in [3.63, 3.8) is 0 Å². The van der Waals surface area contributed by atoms with E-state index in [9.17, 15) is 9.59 Å². The summed E-state index contributed by atoms with van der Waals surface area (Å²) in [4.78, 5) is 27.5. The van der Waals surface area contributed by atoms with Gasteiger partial charge in [0.2, 0.25) is 0 Å². The van der Waals surface area contributed by atoms with Crippen molar-refractivity contribution in [3.8, 4) is 11.5 Å². The molecule has 0 aliphatic carbocycles. The van der Waals surface area contributed by atoms with Gasteiger partial charge in [-0.1, -0.05) is 17.7 Å². The van der Waals surface area contributed by atoms with Gasteiger partial charge in [0.25, 0.3) is 0 Å². The lowest BCUT2D eigenvalue weighted by molar-refractivity contribution is -0.136. The molecule has 132 valence electrons. The molecular formula is C17H18ClN3O4. The van der Waals surface area contributed by atoms with Gasteiger partial charge >= 0.3 is 11.8 Å². The highest BCUT2D eigenvalue weighted by molar-refractivity contribution is 6.41. The van der Waals surface area contributed by atoms with E-state index in [0.717, 1.165) is 5.56 Å². The van der Waals surface area contributed by atoms with Gasteiger partial charge in [-0.3, -0.25) is 9.59 Å². The summed E-state index contributed by atoms with van der Waals surface area (Å²) < 4.78 is 10.4. The van der Waals surface area contributed by atoms with Gasteiger partial charge in [0.15, 0.2) is 16.7 Å². The number of benzene rings is 1. The lowest BCUT2D eigenvalue weighted by Crippen LogP contribution is -2.36. The fraction of sp³-hybridized carbons (Fsp3) is 0.235. The van der Waals surface area contributed by atoms with E-state index < -0.39 is 11.8 Å². The Balaban J connectivity index is 1.86. The zero-order valence-corrected chi connectivity index (χ0v) is 14.6. The third kappa shape index (κ3) is 5.09. The highest BCUT2D eigenvalue weighted by Gasteiger charge is 2.15. The Morgan fingerprint density at radius 1 is 1.12 bits per heavy atom. The average Bonchev–Trinajstić information content (AvgIpc) is 2.63. The number of amides is 2. The average molecular weight is 364 g/mol. The van der Waals surface area contributed by atoms with Crippen LogP contribution in [0.2, 0.25) is 5.15 Å². The van der Waals surface area contributed by atoms with Crippen molar-refractivity contribution in [1.82, 2.24) is 10.3 Å². The lowest BCUT2D eigenvalue weighted by Gasteiger charge is -2.10. The number of rotatable bonds is 6. The third-order valence-electron chi connectivity index (χ3n) is 3.36. The SMILES string of the molecule is COc1ccc(CCNC(=O)C(=O)Nc2cccnc2Cl)cc1OC. The molecule has 2 N–H and O–H groups in total. The van der Waals surface area contributed by atoms with E-state index in [1.165, 1.54) is 6.20 Å². The van der Waals surface area contributed by atoms with E-state index in [0.29, 0.717) is 24.5 Å². The van der Waals surface area contributed by atoms with Crippen LogP contribution in [0.15, 0.2) is 36.5 Å². The maximum atomic E-state index is 11.8. The van der Waals surface area contributed by atoms with Gasteiger partial charge < -0.3 is 20.1 Å². The number of methoxy groups -OCH3 is 2. The van der Waals surface area contributed by atoms with Crippen LogP contribution >= 0.6 is 11.6 Å². The number of aromatic nitrogens is 1. The van der Waals surface area contributed by atoms with Crippen molar-refractivity contribution in [2.24, 2.45) is 0 Å². The number of nitrogens with one attached hydrogen (secondary N) is 2. The van der Waals surface area contributed by atoms with Crippen LogP contribution < -0.4 is 20.1 Å². The summed E-state index contributed by atoms with van der Waals surface area (Å²) in [6.45, 7) is 0.294. The smallest absolute Gasteiger partial charge is 0.313 e. The Morgan fingerprint density at radius 3 is 2.56 bits per heavy atom. The number of anilines is 1. The second kappa shape index (κ2) is 8.89. The largest absolute Gasteiger partial charge is 0.493 e. The van der Waals surface area contributed by atoms with E-state index in [2.05, 4.69) is 15.6 Å². The number of ether oxygens (including phenoxy) is 2. The second-order valence-electron chi connectivity index (χ2n) is 4.99. The van der Waals surface area contributed by atoms with E-state index in [-0.39, 0.29) is 10.8 Å². The first kappa shape index (κ1) is 18.5. The van der Waals surface area contributed by atoms with Crippen LogP contribution in [0.1, 0.15) is 5.56 Å². The van der Waals surface area contributed by atoms with Gasteiger partial charge in [-0.15, -0.1) is 0 Å². The molecule has 0 atom stereocenters. The fourth-order valence-electron chi connectivity index (χ4n) is 2.10. The quantitative estimate of drug-likeness (QED) is 0.605. The van der Waals surface area contributed by atoms with Crippen LogP contribution in [0.4, 0.5) is 5.69 Å². The lowest BCUT2D eigenvalue weighted by atomic mass is 10.1. The zero-order chi connectivity index (χ0) is 18.2. The molecule has 0 aliphatic rings. The molecule has 2 rings (SSSR count). The van der Waals surface area contributed by atoms with Crippen molar-refractivity contribution < 1.29 is 19.1 Å². The minimum Gasteiger partial charge on any atom is -0.493 e. The molecule has 2 amide bonds. The minimum absolute atomic E-state index is 0.119. The number of pyridine rings is 1. The molecule has 8 heteroatoms. The Bertz CT molecular complexity index is 767. The molecule has 1 heterocycles. The Kier molecular flexibility index (Phi) is 6.59. The van der Waals surface area contributed by atoms with E-state index >= 15 is 0 Å². The summed E-state index contributed by atoms with van der Waals surface area (Å²) >= 11 is 5.83. The standard InChI is InChI=1S/C17H18ClN3O4/c1-24-13-6-5-11(10-14(13)25-2)7-9-20-16(22)17(23)21-12-4-3-8-19-15(12)18/h3-6,8,10H,7,9H2,1-2H3,(H,20,22)(H,21,23). The van der Waals surface area contributed by atoms with Crippen LogP contribution in [-0.2, 0) is 16.0 Å². The highest BCUT2D eigenvalue weighted by Crippen LogP contribution is 2.27. The Labute approximate surface area is 150 Å². The summed E-state index contributed by atoms with van der Waals surface area (Å²) in [6, 6.07) is 8.64. The summed E-state index contributed by atoms with van der Waals surface area (Å²) in [5.41, 5.74) is 1.22. The van der Waals surface area contributed by atoms with Crippen molar-refractivity contribution in [2.75, 3.05) is 26.1 Å². The molecule has 0 saturated heterocycles. The van der Waals surface area contributed by atoms with Gasteiger partial charge in [-0.2, -0.15) is 0 Å². The van der Waals surface area contributed by atoms with Crippen LogP contribution in [0.5, 0.6) is 11.5 Å². The molecule has 0 fully saturated rings. The Morgan fingerprint density at radius 2 is 1.88 bits per heavy atom. The summed E-state index contributed by atoms with van der Waals surface area (Å²) in [5.74, 6) is -0.319. The summed E-state index contributed by atoms with van der Waals surface area (Å²) in [7, 11) is 3.11. The van der Waals surface area contributed by atoms with E-state index in [4.69, 9.17) is 21.1 Å². The van der Waals surface area contributed by atoms with Gasteiger partial charge in [0.05, 0.1) is 19.9 Å². The van der Waals surface area contributed by atoms with Crippen molar-refractivity contribution in [1.29, 1.82) is 0 Å².